The Morgan fingerprint density at radius 2 is 1.75 bits per heavy atom. The van der Waals surface area contributed by atoms with Gasteiger partial charge in [0, 0.05) is 0 Å². The fraction of sp³-hybridized carbons (Fsp3) is 0.765. The molecule has 1 heterocycles. The zero-order chi connectivity index (χ0) is 18.5. The highest BCUT2D eigenvalue weighted by Gasteiger charge is 2.34. The second-order valence-electron chi connectivity index (χ2n) is 6.45. The average molecular weight is 362 g/mol. The predicted octanol–water partition coefficient (Wildman–Crippen LogP) is 4.27. The van der Waals surface area contributed by atoms with Gasteiger partial charge in [-0.25, -0.2) is 0 Å². The molecule has 0 radical (unpaired) electrons. The van der Waals surface area contributed by atoms with Gasteiger partial charge in [-0.1, -0.05) is 6.58 Å². The van der Waals surface area contributed by atoms with Crippen LogP contribution in [0.25, 0.3) is 0 Å². The number of ether oxygens (including phenoxy) is 3. The Balaban J connectivity index is 2.80. The fourth-order valence-corrected chi connectivity index (χ4v) is 4.28. The van der Waals surface area contributed by atoms with E-state index in [0.29, 0.717) is 12.4 Å². The maximum atomic E-state index is 12.8. The Labute approximate surface area is 145 Å². The Hall–Kier alpha value is -0.650. The number of hydrogen-bond donors (Lipinski definition) is 0. The topological polar surface area (TPSA) is 63.2 Å². The lowest BCUT2D eigenvalue weighted by Gasteiger charge is -2.32. The van der Waals surface area contributed by atoms with Gasteiger partial charge in [0.1, 0.15) is 18.2 Å². The van der Waals surface area contributed by atoms with E-state index in [1.807, 2.05) is 41.5 Å². The quantitative estimate of drug-likeness (QED) is 0.571. The van der Waals surface area contributed by atoms with Crippen LogP contribution in [-0.4, -0.2) is 44.5 Å². The predicted molar refractivity (Wildman–Crippen MR) is 94.1 cm³/mol. The van der Waals surface area contributed by atoms with Gasteiger partial charge < -0.3 is 23.3 Å². The summed E-state index contributed by atoms with van der Waals surface area (Å²) >= 11 is 0. The molecular formula is C17H31O6P. The summed E-state index contributed by atoms with van der Waals surface area (Å²) < 4.78 is 40.8. The number of methoxy groups -OCH3 is 1. The lowest BCUT2D eigenvalue weighted by atomic mass is 10.0. The standard InChI is InChI=1S/C17H31O6P/c1-11(2)22-24(18,23-12(3)4)10-21-15(7)17-16(19-8)14(6)13(5)9-20-17/h11-12,15,17H,5,9-10H2,1-4,6-8H3/t15-,17?/m1/s1. The Kier molecular flexibility index (Phi) is 8.16. The Bertz CT molecular complexity index is 497. The monoisotopic (exact) mass is 362 g/mol. The molecule has 0 aliphatic carbocycles. The van der Waals surface area contributed by atoms with Gasteiger partial charge >= 0.3 is 7.60 Å². The van der Waals surface area contributed by atoms with Crippen molar-refractivity contribution in [3.05, 3.63) is 23.5 Å². The summed E-state index contributed by atoms with van der Waals surface area (Å²) in [7, 11) is -1.75. The summed E-state index contributed by atoms with van der Waals surface area (Å²) in [5.41, 5.74) is 1.84. The van der Waals surface area contributed by atoms with Crippen molar-refractivity contribution in [3.8, 4) is 0 Å². The summed E-state index contributed by atoms with van der Waals surface area (Å²) in [4.78, 5) is 0. The first kappa shape index (κ1) is 21.4. The molecule has 0 spiro atoms. The molecule has 0 saturated carbocycles. The SMILES string of the molecule is C=C1COC([C@@H](C)OCP(=O)(OC(C)C)OC(C)C)C(OC)=C1C. The van der Waals surface area contributed by atoms with Crippen LogP contribution in [-0.2, 0) is 27.8 Å². The van der Waals surface area contributed by atoms with Gasteiger partial charge in [0.15, 0.2) is 0 Å². The van der Waals surface area contributed by atoms with Crippen LogP contribution < -0.4 is 0 Å². The maximum absolute atomic E-state index is 12.8. The molecule has 0 aromatic rings. The summed E-state index contributed by atoms with van der Waals surface area (Å²) in [6, 6.07) is 0. The lowest BCUT2D eigenvalue weighted by molar-refractivity contribution is -0.0596. The zero-order valence-corrected chi connectivity index (χ0v) is 16.7. The summed E-state index contributed by atoms with van der Waals surface area (Å²) in [5, 5.41) is 0. The number of rotatable bonds is 9. The van der Waals surface area contributed by atoms with Crippen LogP contribution in [0.4, 0.5) is 0 Å². The minimum absolute atomic E-state index is 0.138. The molecule has 1 aliphatic heterocycles. The van der Waals surface area contributed by atoms with Gasteiger partial charge in [-0.05, 0) is 52.7 Å². The molecule has 0 N–H and O–H groups in total. The molecule has 1 unspecified atom stereocenters. The van der Waals surface area contributed by atoms with Crippen molar-refractivity contribution in [1.82, 2.24) is 0 Å². The van der Waals surface area contributed by atoms with E-state index in [-0.39, 0.29) is 30.8 Å². The van der Waals surface area contributed by atoms with Gasteiger partial charge in [-0.3, -0.25) is 4.57 Å². The minimum atomic E-state index is -3.34. The van der Waals surface area contributed by atoms with Crippen molar-refractivity contribution >= 4 is 7.60 Å². The van der Waals surface area contributed by atoms with Crippen molar-refractivity contribution in [1.29, 1.82) is 0 Å². The highest BCUT2D eigenvalue weighted by molar-refractivity contribution is 7.53. The maximum Gasteiger partial charge on any atom is 0.356 e. The van der Waals surface area contributed by atoms with E-state index < -0.39 is 7.60 Å². The van der Waals surface area contributed by atoms with E-state index in [2.05, 4.69) is 6.58 Å². The smallest absolute Gasteiger partial charge is 0.356 e. The largest absolute Gasteiger partial charge is 0.498 e. The molecule has 2 atom stereocenters. The van der Waals surface area contributed by atoms with E-state index in [9.17, 15) is 4.57 Å². The van der Waals surface area contributed by atoms with E-state index in [0.717, 1.165) is 11.1 Å². The molecule has 24 heavy (non-hydrogen) atoms. The molecule has 140 valence electrons. The van der Waals surface area contributed by atoms with Gasteiger partial charge in [0.25, 0.3) is 0 Å². The highest BCUT2D eigenvalue weighted by atomic mass is 31.2. The van der Waals surface area contributed by atoms with Gasteiger partial charge in [-0.15, -0.1) is 0 Å². The van der Waals surface area contributed by atoms with Crippen molar-refractivity contribution in [2.75, 3.05) is 20.1 Å². The zero-order valence-electron chi connectivity index (χ0n) is 15.8. The Morgan fingerprint density at radius 1 is 1.21 bits per heavy atom. The van der Waals surface area contributed by atoms with Crippen LogP contribution >= 0.6 is 7.60 Å². The van der Waals surface area contributed by atoms with Crippen LogP contribution in [0.1, 0.15) is 41.5 Å². The van der Waals surface area contributed by atoms with Crippen molar-refractivity contribution in [3.63, 3.8) is 0 Å². The van der Waals surface area contributed by atoms with Crippen molar-refractivity contribution in [2.24, 2.45) is 0 Å². The van der Waals surface area contributed by atoms with Crippen LogP contribution in [0.2, 0.25) is 0 Å². The third-order valence-electron chi connectivity index (χ3n) is 3.48. The van der Waals surface area contributed by atoms with E-state index in [4.69, 9.17) is 23.3 Å². The minimum Gasteiger partial charge on any atom is -0.498 e. The van der Waals surface area contributed by atoms with E-state index in [1.54, 1.807) is 7.11 Å². The van der Waals surface area contributed by atoms with E-state index >= 15 is 0 Å². The first-order valence-corrected chi connectivity index (χ1v) is 9.94. The summed E-state index contributed by atoms with van der Waals surface area (Å²) in [6.45, 7) is 15.4. The molecule has 0 bridgehead atoms. The van der Waals surface area contributed by atoms with Crippen LogP contribution in [0.15, 0.2) is 23.5 Å². The Morgan fingerprint density at radius 3 is 2.21 bits per heavy atom. The molecular weight excluding hydrogens is 331 g/mol. The third-order valence-corrected chi connectivity index (χ3v) is 5.43. The average Bonchev–Trinajstić information content (AvgIpc) is 2.45. The van der Waals surface area contributed by atoms with Crippen LogP contribution in [0, 0.1) is 0 Å². The first-order chi connectivity index (χ1) is 11.1. The lowest BCUT2D eigenvalue weighted by Crippen LogP contribution is -2.36. The molecule has 1 rings (SSSR count). The van der Waals surface area contributed by atoms with Crippen LogP contribution in [0.3, 0.4) is 0 Å². The first-order valence-electron chi connectivity index (χ1n) is 8.21. The molecule has 7 heteroatoms. The van der Waals surface area contributed by atoms with Gasteiger partial charge in [-0.2, -0.15) is 0 Å². The molecule has 0 amide bonds. The van der Waals surface area contributed by atoms with E-state index in [1.165, 1.54) is 0 Å². The molecule has 0 fully saturated rings. The third kappa shape index (κ3) is 6.01. The van der Waals surface area contributed by atoms with Crippen LogP contribution in [0.5, 0.6) is 0 Å². The molecule has 0 saturated heterocycles. The van der Waals surface area contributed by atoms with Crippen molar-refractivity contribution in [2.45, 2.75) is 66.0 Å². The van der Waals surface area contributed by atoms with Gasteiger partial charge in [0.05, 0.1) is 32.0 Å². The van der Waals surface area contributed by atoms with Gasteiger partial charge in [0.2, 0.25) is 0 Å². The second-order valence-corrected chi connectivity index (χ2v) is 8.35. The second kappa shape index (κ2) is 9.16. The fourth-order valence-electron chi connectivity index (χ4n) is 2.40. The molecule has 1 aliphatic rings. The number of hydrogen-bond acceptors (Lipinski definition) is 6. The van der Waals surface area contributed by atoms with Crippen molar-refractivity contribution < 1.29 is 27.8 Å². The molecule has 0 aromatic heterocycles. The summed E-state index contributed by atoms with van der Waals surface area (Å²) in [6.07, 6.45) is -1.34. The molecule has 6 nitrogen and oxygen atoms in total. The normalized spacial score (nSPS) is 20.9. The molecule has 0 aromatic carbocycles. The summed E-state index contributed by atoms with van der Waals surface area (Å²) in [5.74, 6) is 0.683. The highest BCUT2D eigenvalue weighted by Crippen LogP contribution is 2.50.